The maximum absolute atomic E-state index is 10.7. The zero-order valence-corrected chi connectivity index (χ0v) is 11.6. The van der Waals surface area contributed by atoms with Crippen molar-refractivity contribution in [2.24, 2.45) is 5.92 Å². The molecule has 1 saturated heterocycles. The van der Waals surface area contributed by atoms with Gasteiger partial charge in [-0.15, -0.1) is 0 Å². The molecule has 2 rings (SSSR count). The number of hydrogen-bond acceptors (Lipinski definition) is 3. The van der Waals surface area contributed by atoms with Gasteiger partial charge < -0.3 is 5.11 Å². The summed E-state index contributed by atoms with van der Waals surface area (Å²) < 4.78 is 2.07. The second-order valence-electron chi connectivity index (χ2n) is 5.36. The van der Waals surface area contributed by atoms with Crippen LogP contribution in [0.15, 0.2) is 12.3 Å². The lowest BCUT2D eigenvalue weighted by Gasteiger charge is -2.31. The van der Waals surface area contributed by atoms with E-state index in [1.54, 1.807) is 0 Å². The number of nitrogens with zero attached hydrogens (tertiary/aromatic N) is 3. The van der Waals surface area contributed by atoms with Gasteiger partial charge in [0.2, 0.25) is 0 Å². The molecule has 1 aliphatic heterocycles. The third-order valence-electron chi connectivity index (χ3n) is 3.80. The molecule has 2 heterocycles. The maximum atomic E-state index is 10.7. The van der Waals surface area contributed by atoms with Crippen LogP contribution in [0.3, 0.4) is 0 Å². The molecule has 0 bridgehead atoms. The van der Waals surface area contributed by atoms with Crippen molar-refractivity contribution in [1.29, 1.82) is 0 Å². The molecule has 1 fully saturated rings. The normalized spacial score (nSPS) is 17.7. The Hall–Kier alpha value is -1.36. The van der Waals surface area contributed by atoms with Crippen LogP contribution in [0.4, 0.5) is 0 Å². The van der Waals surface area contributed by atoms with Crippen molar-refractivity contribution in [3.05, 3.63) is 18.0 Å². The Morgan fingerprint density at radius 3 is 2.84 bits per heavy atom. The van der Waals surface area contributed by atoms with Crippen molar-refractivity contribution < 1.29 is 9.90 Å². The number of rotatable bonds is 6. The fourth-order valence-corrected chi connectivity index (χ4v) is 2.73. The van der Waals surface area contributed by atoms with Crippen LogP contribution in [0, 0.1) is 5.92 Å². The Labute approximate surface area is 114 Å². The predicted octanol–water partition coefficient (Wildman–Crippen LogP) is 1.98. The first-order chi connectivity index (χ1) is 9.19. The molecule has 0 aromatic carbocycles. The van der Waals surface area contributed by atoms with Gasteiger partial charge in [0.25, 0.3) is 0 Å². The van der Waals surface area contributed by atoms with E-state index in [-0.39, 0.29) is 0 Å². The quantitative estimate of drug-likeness (QED) is 0.854. The Morgan fingerprint density at radius 2 is 2.21 bits per heavy atom. The molecule has 0 unspecified atom stereocenters. The van der Waals surface area contributed by atoms with E-state index in [9.17, 15) is 4.79 Å². The topological polar surface area (TPSA) is 58.4 Å². The number of likely N-dealkylation sites (tertiary alicyclic amines) is 1. The maximum Gasteiger partial charge on any atom is 0.303 e. The zero-order chi connectivity index (χ0) is 13.7. The van der Waals surface area contributed by atoms with Crippen molar-refractivity contribution in [3.8, 4) is 0 Å². The van der Waals surface area contributed by atoms with E-state index in [2.05, 4.69) is 27.7 Å². The van der Waals surface area contributed by atoms with Crippen LogP contribution in [-0.4, -0.2) is 38.8 Å². The van der Waals surface area contributed by atoms with Crippen LogP contribution in [0.1, 0.15) is 38.3 Å². The molecule has 5 nitrogen and oxygen atoms in total. The van der Waals surface area contributed by atoms with Crippen molar-refractivity contribution in [2.75, 3.05) is 13.1 Å². The number of aryl methyl sites for hydroxylation is 1. The number of aliphatic carboxylic acids is 1. The monoisotopic (exact) mass is 265 g/mol. The van der Waals surface area contributed by atoms with E-state index in [1.165, 1.54) is 5.69 Å². The van der Waals surface area contributed by atoms with Gasteiger partial charge in [-0.3, -0.25) is 14.4 Å². The van der Waals surface area contributed by atoms with Gasteiger partial charge in [0, 0.05) is 25.7 Å². The molecule has 1 N–H and O–H groups in total. The van der Waals surface area contributed by atoms with Gasteiger partial charge >= 0.3 is 5.97 Å². The third-order valence-corrected chi connectivity index (χ3v) is 3.80. The fraction of sp³-hybridized carbons (Fsp3) is 0.714. The van der Waals surface area contributed by atoms with Crippen LogP contribution in [0.5, 0.6) is 0 Å². The second kappa shape index (κ2) is 6.70. The SMILES string of the molecule is CCCn1nccc1CN1CCC(CC(=O)O)CC1. The molecule has 106 valence electrons. The number of carbonyl (C=O) groups is 1. The molecule has 19 heavy (non-hydrogen) atoms. The number of aromatic nitrogens is 2. The largest absolute Gasteiger partial charge is 0.481 e. The average molecular weight is 265 g/mol. The van der Waals surface area contributed by atoms with Crippen LogP contribution < -0.4 is 0 Å². The standard InChI is InChI=1S/C14H23N3O2/c1-2-7-17-13(3-6-15-17)11-16-8-4-12(5-9-16)10-14(18)19/h3,6,12H,2,4-5,7-11H2,1H3,(H,18,19). The van der Waals surface area contributed by atoms with Crippen LogP contribution in [0.2, 0.25) is 0 Å². The lowest BCUT2D eigenvalue weighted by atomic mass is 9.93. The number of piperidine rings is 1. The Morgan fingerprint density at radius 1 is 1.47 bits per heavy atom. The van der Waals surface area contributed by atoms with Gasteiger partial charge in [0.1, 0.15) is 0 Å². The first-order valence-corrected chi connectivity index (χ1v) is 7.14. The minimum atomic E-state index is -0.667. The molecule has 0 spiro atoms. The smallest absolute Gasteiger partial charge is 0.303 e. The van der Waals surface area contributed by atoms with Gasteiger partial charge in [-0.1, -0.05) is 6.92 Å². The highest BCUT2D eigenvalue weighted by Crippen LogP contribution is 2.21. The van der Waals surface area contributed by atoms with Gasteiger partial charge in [0.15, 0.2) is 0 Å². The summed E-state index contributed by atoms with van der Waals surface area (Å²) in [5.41, 5.74) is 1.26. The molecule has 0 radical (unpaired) electrons. The predicted molar refractivity (Wildman–Crippen MR) is 72.8 cm³/mol. The van der Waals surface area contributed by atoms with E-state index in [0.29, 0.717) is 12.3 Å². The van der Waals surface area contributed by atoms with E-state index in [1.807, 2.05) is 6.20 Å². The summed E-state index contributed by atoms with van der Waals surface area (Å²) in [7, 11) is 0. The number of hydrogen-bond donors (Lipinski definition) is 1. The molecule has 1 aromatic rings. The van der Waals surface area contributed by atoms with Gasteiger partial charge in [-0.2, -0.15) is 5.10 Å². The van der Waals surface area contributed by atoms with Crippen molar-refractivity contribution in [2.45, 2.75) is 45.7 Å². The highest BCUT2D eigenvalue weighted by Gasteiger charge is 2.21. The summed E-state index contributed by atoms with van der Waals surface area (Å²) in [5.74, 6) is -0.311. The number of carboxylic acid groups (broad SMARTS) is 1. The summed E-state index contributed by atoms with van der Waals surface area (Å²) >= 11 is 0. The molecule has 1 aromatic heterocycles. The van der Waals surface area contributed by atoms with E-state index < -0.39 is 5.97 Å². The molecule has 0 atom stereocenters. The molecule has 0 aliphatic carbocycles. The molecule has 5 heteroatoms. The lowest BCUT2D eigenvalue weighted by molar-refractivity contribution is -0.138. The molecular weight excluding hydrogens is 242 g/mol. The Bertz CT molecular complexity index is 409. The minimum Gasteiger partial charge on any atom is -0.481 e. The van der Waals surface area contributed by atoms with E-state index in [0.717, 1.165) is 45.4 Å². The van der Waals surface area contributed by atoms with Crippen LogP contribution >= 0.6 is 0 Å². The second-order valence-corrected chi connectivity index (χ2v) is 5.36. The number of carboxylic acids is 1. The van der Waals surface area contributed by atoms with E-state index >= 15 is 0 Å². The van der Waals surface area contributed by atoms with Gasteiger partial charge in [0.05, 0.1) is 5.69 Å². The van der Waals surface area contributed by atoms with Gasteiger partial charge in [-0.25, -0.2) is 0 Å². The highest BCUT2D eigenvalue weighted by atomic mass is 16.4. The Kier molecular flexibility index (Phi) is 4.96. The molecular formula is C14H23N3O2. The summed E-state index contributed by atoms with van der Waals surface area (Å²) in [5, 5.41) is 13.1. The highest BCUT2D eigenvalue weighted by molar-refractivity contribution is 5.67. The molecule has 1 aliphatic rings. The Balaban J connectivity index is 1.82. The fourth-order valence-electron chi connectivity index (χ4n) is 2.73. The minimum absolute atomic E-state index is 0.321. The van der Waals surface area contributed by atoms with Crippen molar-refractivity contribution >= 4 is 5.97 Å². The van der Waals surface area contributed by atoms with Crippen LogP contribution in [-0.2, 0) is 17.9 Å². The molecule has 0 amide bonds. The third kappa shape index (κ3) is 4.06. The van der Waals surface area contributed by atoms with Crippen molar-refractivity contribution in [3.63, 3.8) is 0 Å². The van der Waals surface area contributed by atoms with E-state index in [4.69, 9.17) is 5.11 Å². The average Bonchev–Trinajstić information content (AvgIpc) is 2.79. The first-order valence-electron chi connectivity index (χ1n) is 7.14. The summed E-state index contributed by atoms with van der Waals surface area (Å²) in [4.78, 5) is 13.1. The van der Waals surface area contributed by atoms with Crippen LogP contribution in [0.25, 0.3) is 0 Å². The zero-order valence-electron chi connectivity index (χ0n) is 11.6. The summed E-state index contributed by atoms with van der Waals surface area (Å²) in [6.07, 6.45) is 5.27. The lowest BCUT2D eigenvalue weighted by Crippen LogP contribution is -2.34. The molecule has 0 saturated carbocycles. The summed E-state index contributed by atoms with van der Waals surface area (Å²) in [6, 6.07) is 2.08. The van der Waals surface area contributed by atoms with Gasteiger partial charge in [-0.05, 0) is 44.3 Å². The van der Waals surface area contributed by atoms with Crippen molar-refractivity contribution in [1.82, 2.24) is 14.7 Å². The first kappa shape index (κ1) is 14.1. The summed E-state index contributed by atoms with van der Waals surface area (Å²) in [6.45, 7) is 6.05.